The highest BCUT2D eigenvalue weighted by Crippen LogP contribution is 2.25. The number of rotatable bonds is 7. The van der Waals surface area contributed by atoms with Crippen LogP contribution in [0.25, 0.3) is 0 Å². The largest absolute Gasteiger partial charge is 0.379 e. The molecule has 1 aromatic rings. The van der Waals surface area contributed by atoms with Crippen molar-refractivity contribution in [2.45, 2.75) is 6.42 Å². The highest BCUT2D eigenvalue weighted by Gasteiger charge is 2.07. The van der Waals surface area contributed by atoms with Crippen LogP contribution >= 0.6 is 22.9 Å². The first-order valence-corrected chi connectivity index (χ1v) is 5.96. The zero-order valence-electron chi connectivity index (χ0n) is 8.70. The molecule has 0 spiro atoms. The molecule has 1 aromatic heterocycles. The predicted octanol–water partition coefficient (Wildman–Crippen LogP) is 2.67. The lowest BCUT2D eigenvalue weighted by Gasteiger charge is -2.02. The second-order valence-corrected chi connectivity index (χ2v) is 4.22. The SMILES string of the molecule is C=CCCOCCNc1nc(Cl)c(C#N)s1. The van der Waals surface area contributed by atoms with E-state index >= 15 is 0 Å². The molecule has 6 heteroatoms. The first-order chi connectivity index (χ1) is 7.77. The average molecular weight is 258 g/mol. The minimum Gasteiger partial charge on any atom is -0.379 e. The average Bonchev–Trinajstić information content (AvgIpc) is 2.64. The molecule has 0 amide bonds. The maximum absolute atomic E-state index is 8.67. The van der Waals surface area contributed by atoms with Crippen molar-refractivity contribution >= 4 is 28.1 Å². The van der Waals surface area contributed by atoms with E-state index in [9.17, 15) is 0 Å². The van der Waals surface area contributed by atoms with E-state index in [2.05, 4.69) is 16.9 Å². The molecule has 0 saturated heterocycles. The smallest absolute Gasteiger partial charge is 0.185 e. The van der Waals surface area contributed by atoms with Gasteiger partial charge in [-0.1, -0.05) is 29.0 Å². The molecule has 0 fully saturated rings. The molecular weight excluding hydrogens is 246 g/mol. The van der Waals surface area contributed by atoms with Gasteiger partial charge >= 0.3 is 0 Å². The number of hydrogen-bond acceptors (Lipinski definition) is 5. The van der Waals surface area contributed by atoms with Crippen molar-refractivity contribution in [1.82, 2.24) is 4.98 Å². The molecule has 1 rings (SSSR count). The fourth-order valence-corrected chi connectivity index (χ4v) is 1.92. The Labute approximate surface area is 104 Å². The minimum atomic E-state index is 0.252. The summed E-state index contributed by atoms with van der Waals surface area (Å²) >= 11 is 6.96. The highest BCUT2D eigenvalue weighted by atomic mass is 35.5. The molecule has 0 aromatic carbocycles. The topological polar surface area (TPSA) is 57.9 Å². The molecule has 16 heavy (non-hydrogen) atoms. The van der Waals surface area contributed by atoms with Crippen molar-refractivity contribution in [1.29, 1.82) is 5.26 Å². The summed E-state index contributed by atoms with van der Waals surface area (Å²) in [6.07, 6.45) is 2.66. The van der Waals surface area contributed by atoms with Crippen molar-refractivity contribution in [3.63, 3.8) is 0 Å². The molecule has 0 radical (unpaired) electrons. The lowest BCUT2D eigenvalue weighted by atomic mass is 10.5. The summed E-state index contributed by atoms with van der Waals surface area (Å²) in [5.74, 6) is 0. The molecule has 0 bridgehead atoms. The summed E-state index contributed by atoms with van der Waals surface area (Å²) < 4.78 is 5.30. The number of anilines is 1. The summed E-state index contributed by atoms with van der Waals surface area (Å²) in [5.41, 5.74) is 0. The molecule has 0 saturated carbocycles. The molecule has 0 aliphatic carbocycles. The normalized spacial score (nSPS) is 9.75. The maximum Gasteiger partial charge on any atom is 0.185 e. The summed E-state index contributed by atoms with van der Waals surface area (Å²) in [6.45, 7) is 5.51. The first kappa shape index (κ1) is 13.0. The monoisotopic (exact) mass is 257 g/mol. The van der Waals surface area contributed by atoms with Gasteiger partial charge in [-0.15, -0.1) is 6.58 Å². The minimum absolute atomic E-state index is 0.252. The van der Waals surface area contributed by atoms with Gasteiger partial charge in [-0.3, -0.25) is 0 Å². The quantitative estimate of drug-likeness (QED) is 0.603. The Kier molecular flexibility index (Phi) is 5.86. The van der Waals surface area contributed by atoms with Crippen molar-refractivity contribution in [3.8, 4) is 6.07 Å². The van der Waals surface area contributed by atoms with Gasteiger partial charge in [0, 0.05) is 6.54 Å². The Hall–Kier alpha value is -1.09. The van der Waals surface area contributed by atoms with Crippen molar-refractivity contribution in [2.75, 3.05) is 25.1 Å². The Morgan fingerprint density at radius 1 is 1.62 bits per heavy atom. The van der Waals surface area contributed by atoms with Crippen LogP contribution in [0.1, 0.15) is 11.3 Å². The molecule has 1 heterocycles. The molecule has 0 unspecified atom stereocenters. The third kappa shape index (κ3) is 4.19. The van der Waals surface area contributed by atoms with E-state index < -0.39 is 0 Å². The summed E-state index contributed by atoms with van der Waals surface area (Å²) in [5, 5.41) is 12.6. The first-order valence-electron chi connectivity index (χ1n) is 4.77. The zero-order valence-corrected chi connectivity index (χ0v) is 10.3. The van der Waals surface area contributed by atoms with Gasteiger partial charge in [0.05, 0.1) is 13.2 Å². The molecule has 1 N–H and O–H groups in total. The van der Waals surface area contributed by atoms with Crippen molar-refractivity contribution in [2.24, 2.45) is 0 Å². The van der Waals surface area contributed by atoms with Gasteiger partial charge in [0.15, 0.2) is 10.3 Å². The summed E-state index contributed by atoms with van der Waals surface area (Å²) in [6, 6.07) is 1.98. The fourth-order valence-electron chi connectivity index (χ4n) is 0.945. The van der Waals surface area contributed by atoms with E-state index in [1.807, 2.05) is 12.1 Å². The van der Waals surface area contributed by atoms with Crippen LogP contribution in [-0.2, 0) is 4.74 Å². The lowest BCUT2D eigenvalue weighted by molar-refractivity contribution is 0.149. The number of nitrogens with one attached hydrogen (secondary N) is 1. The molecule has 0 aliphatic rings. The Morgan fingerprint density at radius 3 is 3.06 bits per heavy atom. The number of nitriles is 1. The van der Waals surface area contributed by atoms with Crippen LogP contribution in [0.4, 0.5) is 5.13 Å². The van der Waals surface area contributed by atoms with Crippen molar-refractivity contribution in [3.05, 3.63) is 22.7 Å². The van der Waals surface area contributed by atoms with E-state index in [1.54, 1.807) is 0 Å². The number of halogens is 1. The molecule has 4 nitrogen and oxygen atoms in total. The molecule has 0 atom stereocenters. The fraction of sp³-hybridized carbons (Fsp3) is 0.400. The van der Waals surface area contributed by atoms with Gasteiger partial charge in [-0.05, 0) is 6.42 Å². The van der Waals surface area contributed by atoms with Gasteiger partial charge < -0.3 is 10.1 Å². The van der Waals surface area contributed by atoms with Crippen molar-refractivity contribution < 1.29 is 4.74 Å². The second kappa shape index (κ2) is 7.23. The van der Waals surface area contributed by atoms with Crippen LogP contribution in [0.2, 0.25) is 5.15 Å². The standard InChI is InChI=1S/C10H12ClN3OS/c1-2-3-5-15-6-4-13-10-14-9(11)8(7-12)16-10/h2H,1,3-6H2,(H,13,14). The van der Waals surface area contributed by atoms with Crippen LogP contribution in [0, 0.1) is 11.3 Å². The van der Waals surface area contributed by atoms with Gasteiger partial charge in [0.2, 0.25) is 0 Å². The molecule has 86 valence electrons. The summed E-state index contributed by atoms with van der Waals surface area (Å²) in [7, 11) is 0. The third-order valence-corrected chi connectivity index (χ3v) is 2.98. The maximum atomic E-state index is 8.67. The lowest BCUT2D eigenvalue weighted by Crippen LogP contribution is -2.09. The second-order valence-electron chi connectivity index (χ2n) is 2.87. The summed E-state index contributed by atoms with van der Waals surface area (Å²) in [4.78, 5) is 4.42. The van der Waals surface area contributed by atoms with Crippen LogP contribution in [0.3, 0.4) is 0 Å². The van der Waals surface area contributed by atoms with E-state index in [0.717, 1.165) is 6.42 Å². The highest BCUT2D eigenvalue weighted by molar-refractivity contribution is 7.16. The number of ether oxygens (including phenoxy) is 1. The Balaban J connectivity index is 2.22. The Morgan fingerprint density at radius 2 is 2.44 bits per heavy atom. The van der Waals surface area contributed by atoms with Gasteiger partial charge in [-0.25, -0.2) is 4.98 Å². The third-order valence-electron chi connectivity index (χ3n) is 1.68. The van der Waals surface area contributed by atoms with E-state index in [-0.39, 0.29) is 5.15 Å². The van der Waals surface area contributed by atoms with E-state index in [1.165, 1.54) is 11.3 Å². The van der Waals surface area contributed by atoms with Gasteiger partial charge in [0.1, 0.15) is 10.9 Å². The van der Waals surface area contributed by atoms with Crippen LogP contribution in [0.15, 0.2) is 12.7 Å². The van der Waals surface area contributed by atoms with E-state index in [4.69, 9.17) is 21.6 Å². The van der Waals surface area contributed by atoms with Crippen LogP contribution in [0.5, 0.6) is 0 Å². The predicted molar refractivity (Wildman–Crippen MR) is 66.0 cm³/mol. The van der Waals surface area contributed by atoms with Gasteiger partial charge in [0.25, 0.3) is 0 Å². The van der Waals surface area contributed by atoms with Crippen LogP contribution < -0.4 is 5.32 Å². The zero-order chi connectivity index (χ0) is 11.8. The van der Waals surface area contributed by atoms with Crippen LogP contribution in [-0.4, -0.2) is 24.7 Å². The number of aromatic nitrogens is 1. The number of nitrogens with zero attached hydrogens (tertiary/aromatic N) is 2. The Bertz CT molecular complexity index is 386. The van der Waals surface area contributed by atoms with Gasteiger partial charge in [-0.2, -0.15) is 5.26 Å². The number of hydrogen-bond donors (Lipinski definition) is 1. The number of thiazole rings is 1. The molecule has 0 aliphatic heterocycles. The van der Waals surface area contributed by atoms with E-state index in [0.29, 0.717) is 29.8 Å². The molecular formula is C10H12ClN3OS.